The summed E-state index contributed by atoms with van der Waals surface area (Å²) in [4.78, 5) is 72.5. The summed E-state index contributed by atoms with van der Waals surface area (Å²) in [6.45, 7) is 2.12. The number of phenolic OH excluding ortho intramolecular Hbond substituents is 2. The van der Waals surface area contributed by atoms with E-state index in [2.05, 4.69) is 36.7 Å². The zero-order chi connectivity index (χ0) is 31.8. The molecule has 0 spiro atoms. The Morgan fingerprint density at radius 2 is 1.95 bits per heavy atom. The Bertz CT molecular complexity index is 1610. The molecular weight excluding hydrogens is 676 g/mol. The number of aromatic hydroxyl groups is 2. The second kappa shape index (κ2) is 12.1. The summed E-state index contributed by atoms with van der Waals surface area (Å²) >= 11 is 5.21. The van der Waals surface area contributed by atoms with E-state index in [0.717, 1.165) is 28.0 Å². The third-order valence-corrected chi connectivity index (χ3v) is 8.63. The van der Waals surface area contributed by atoms with Gasteiger partial charge in [0, 0.05) is 22.2 Å². The van der Waals surface area contributed by atoms with Crippen molar-refractivity contribution in [2.75, 3.05) is 18.0 Å². The molecule has 43 heavy (non-hydrogen) atoms. The number of rotatable bonds is 10. The topological polar surface area (TPSA) is 254 Å². The predicted octanol–water partition coefficient (Wildman–Crippen LogP) is 0.651. The van der Waals surface area contributed by atoms with E-state index in [-0.39, 0.29) is 40.0 Å². The molecule has 0 radical (unpaired) electrons. The van der Waals surface area contributed by atoms with E-state index in [1.54, 1.807) is 0 Å². The summed E-state index contributed by atoms with van der Waals surface area (Å²) in [5, 5.41) is 48.3. The number of hydrogen-bond donors (Lipinski definition) is 7. The molecule has 0 bridgehead atoms. The average molecular weight is 700 g/mol. The summed E-state index contributed by atoms with van der Waals surface area (Å²) in [7, 11) is 0. The molecule has 2 aliphatic rings. The summed E-state index contributed by atoms with van der Waals surface area (Å²) in [6.07, 6.45) is 0. The van der Waals surface area contributed by atoms with Gasteiger partial charge in [0.25, 0.3) is 17.7 Å². The van der Waals surface area contributed by atoms with Crippen LogP contribution in [0.15, 0.2) is 38.4 Å². The zero-order valence-electron chi connectivity index (χ0n) is 22.2. The number of β-lactam (4-membered cyclic amide) rings is 1. The van der Waals surface area contributed by atoms with E-state index in [4.69, 9.17) is 10.6 Å². The minimum absolute atomic E-state index is 0.0323. The first-order valence-corrected chi connectivity index (χ1v) is 14.8. The fraction of sp³-hybridized carbons (Fsp3) is 0.292. The monoisotopic (exact) mass is 698 g/mol. The quantitative estimate of drug-likeness (QED) is 0.0780. The number of benzene rings is 1. The molecule has 1 saturated heterocycles. The highest BCUT2D eigenvalue weighted by molar-refractivity contribution is 9.10. The number of carbonyl (C=O) groups excluding carboxylic acids is 3. The summed E-state index contributed by atoms with van der Waals surface area (Å²) < 4.78 is 0.317. The molecule has 3 heterocycles. The number of carboxylic acid groups (broad SMARTS) is 2. The molecule has 16 nitrogen and oxygen atoms in total. The maximum atomic E-state index is 13.2. The molecular formula is C24H23BrN6O10S2. The van der Waals surface area contributed by atoms with Crippen LogP contribution in [0.4, 0.5) is 5.13 Å². The fourth-order valence-corrected chi connectivity index (χ4v) is 6.21. The number of nitrogens with zero attached hydrogens (tertiary/aromatic N) is 3. The molecule has 3 amide bonds. The summed E-state index contributed by atoms with van der Waals surface area (Å²) in [6, 6.07) is 1.27. The number of amides is 3. The second-order valence-corrected chi connectivity index (χ2v) is 12.4. The van der Waals surface area contributed by atoms with Crippen molar-refractivity contribution in [3.05, 3.63) is 44.5 Å². The van der Waals surface area contributed by atoms with Gasteiger partial charge >= 0.3 is 11.9 Å². The van der Waals surface area contributed by atoms with Crippen LogP contribution in [-0.2, 0) is 24.0 Å². The Morgan fingerprint density at radius 1 is 1.26 bits per heavy atom. The highest BCUT2D eigenvalue weighted by atomic mass is 79.9. The number of aromatic nitrogens is 1. The number of nitrogens with one attached hydrogen (secondary N) is 2. The van der Waals surface area contributed by atoms with Crippen LogP contribution in [-0.4, -0.2) is 95.0 Å². The molecule has 4 rings (SSSR count). The second-order valence-electron chi connectivity index (χ2n) is 9.54. The lowest BCUT2D eigenvalue weighted by atomic mass is 10.0. The Morgan fingerprint density at radius 3 is 2.56 bits per heavy atom. The highest BCUT2D eigenvalue weighted by Crippen LogP contribution is 2.40. The number of fused-ring (bicyclic) bond motifs is 1. The van der Waals surface area contributed by atoms with Gasteiger partial charge in [0.2, 0.25) is 5.60 Å². The van der Waals surface area contributed by atoms with Crippen LogP contribution in [0.3, 0.4) is 0 Å². The van der Waals surface area contributed by atoms with Gasteiger partial charge in [-0.25, -0.2) is 14.6 Å². The molecule has 2 aliphatic heterocycles. The molecule has 8 N–H and O–H groups in total. The van der Waals surface area contributed by atoms with Crippen molar-refractivity contribution in [1.82, 2.24) is 20.5 Å². The zero-order valence-corrected chi connectivity index (χ0v) is 25.4. The SMILES string of the molecule is CC(C)(O/N=C(\C(=O)NC1C(=O)N2C(C(=O)O)=C(CNC(=O)c3cc(Br)cc(O)c3O)CS[C@@H]12)c1csc(N)n1)C(=O)O. The molecule has 1 unspecified atom stereocenters. The van der Waals surface area contributed by atoms with Crippen molar-refractivity contribution >= 4 is 79.5 Å². The lowest BCUT2D eigenvalue weighted by Crippen LogP contribution is -2.71. The number of aliphatic carboxylic acids is 2. The number of carbonyl (C=O) groups is 5. The molecule has 1 aromatic carbocycles. The van der Waals surface area contributed by atoms with Crippen molar-refractivity contribution in [2.45, 2.75) is 30.9 Å². The molecule has 2 aromatic rings. The van der Waals surface area contributed by atoms with Crippen molar-refractivity contribution in [1.29, 1.82) is 0 Å². The Hall–Kier alpha value is -4.36. The summed E-state index contributed by atoms with van der Waals surface area (Å²) in [5.74, 6) is -6.46. The van der Waals surface area contributed by atoms with E-state index >= 15 is 0 Å². The van der Waals surface area contributed by atoms with E-state index < -0.39 is 63.9 Å². The van der Waals surface area contributed by atoms with Crippen LogP contribution in [0.2, 0.25) is 0 Å². The van der Waals surface area contributed by atoms with Crippen LogP contribution < -0.4 is 16.4 Å². The van der Waals surface area contributed by atoms with Crippen LogP contribution >= 0.6 is 39.0 Å². The van der Waals surface area contributed by atoms with Gasteiger partial charge in [-0.05, 0) is 31.6 Å². The number of halogens is 1. The number of nitrogens with two attached hydrogens (primary N) is 1. The molecule has 19 heteroatoms. The number of thioether (sulfide) groups is 1. The number of phenols is 2. The number of hydrogen-bond acceptors (Lipinski definition) is 13. The van der Waals surface area contributed by atoms with Gasteiger partial charge in [-0.2, -0.15) is 0 Å². The maximum absolute atomic E-state index is 13.2. The first-order chi connectivity index (χ1) is 20.1. The lowest BCUT2D eigenvalue weighted by Gasteiger charge is -2.49. The number of carboxylic acids is 2. The number of anilines is 1. The smallest absolute Gasteiger partial charge is 0.352 e. The lowest BCUT2D eigenvalue weighted by molar-refractivity contribution is -0.161. The third-order valence-electron chi connectivity index (χ3n) is 6.16. The minimum atomic E-state index is -1.81. The fourth-order valence-electron chi connectivity index (χ4n) is 3.87. The maximum Gasteiger partial charge on any atom is 0.352 e. The Labute approximate surface area is 258 Å². The first kappa shape index (κ1) is 31.6. The third kappa shape index (κ3) is 6.37. The van der Waals surface area contributed by atoms with Crippen LogP contribution in [0.25, 0.3) is 0 Å². The average Bonchev–Trinajstić information content (AvgIpc) is 3.37. The molecule has 1 aromatic heterocycles. The molecule has 1 fully saturated rings. The van der Waals surface area contributed by atoms with Crippen molar-refractivity contribution in [2.24, 2.45) is 5.16 Å². The van der Waals surface area contributed by atoms with Gasteiger partial charge < -0.3 is 41.6 Å². The minimum Gasteiger partial charge on any atom is -0.504 e. The molecule has 0 saturated carbocycles. The Kier molecular flexibility index (Phi) is 8.88. The van der Waals surface area contributed by atoms with E-state index in [0.29, 0.717) is 4.47 Å². The van der Waals surface area contributed by atoms with Gasteiger partial charge in [-0.3, -0.25) is 19.3 Å². The first-order valence-electron chi connectivity index (χ1n) is 12.0. The molecule has 0 aliphatic carbocycles. The van der Waals surface area contributed by atoms with Crippen LogP contribution in [0.5, 0.6) is 11.5 Å². The van der Waals surface area contributed by atoms with Gasteiger partial charge in [-0.1, -0.05) is 21.1 Å². The van der Waals surface area contributed by atoms with Crippen molar-refractivity contribution in [3.63, 3.8) is 0 Å². The van der Waals surface area contributed by atoms with Gasteiger partial charge in [0.1, 0.15) is 22.8 Å². The largest absolute Gasteiger partial charge is 0.504 e. The summed E-state index contributed by atoms with van der Waals surface area (Å²) in [5.41, 5.74) is 2.91. The van der Waals surface area contributed by atoms with Gasteiger partial charge in [0.05, 0.1) is 5.56 Å². The number of oxime groups is 1. The standard InChI is InChI=1S/C24H23BrN6O10S2/c1-24(2,22(39)40)41-30-13(11-7-43-23(26)28-11)18(35)29-14-19(36)31-15(21(37)38)8(6-42-20(14)31)5-27-17(34)10-3-9(25)4-12(32)16(10)33/h3-4,7,14,20,32-33H,5-6H2,1-2H3,(H2,26,28)(H,27,34)(H,29,35)(H,37,38)(H,39,40)/b30-13-/t14?,20-/m0/s1. The van der Waals surface area contributed by atoms with Gasteiger partial charge in [0.15, 0.2) is 22.3 Å². The van der Waals surface area contributed by atoms with E-state index in [1.165, 1.54) is 31.4 Å². The van der Waals surface area contributed by atoms with Gasteiger partial charge in [-0.15, -0.1) is 23.1 Å². The van der Waals surface area contributed by atoms with Crippen molar-refractivity contribution in [3.8, 4) is 11.5 Å². The van der Waals surface area contributed by atoms with E-state index in [9.17, 15) is 44.4 Å². The van der Waals surface area contributed by atoms with Crippen LogP contribution in [0, 0.1) is 0 Å². The Balaban J connectivity index is 1.51. The van der Waals surface area contributed by atoms with E-state index in [1.807, 2.05) is 0 Å². The highest BCUT2D eigenvalue weighted by Gasteiger charge is 2.54. The normalized spacial score (nSPS) is 18.4. The number of thiazole rings is 1. The number of nitrogen functional groups attached to an aromatic ring is 1. The molecule has 228 valence electrons. The predicted molar refractivity (Wildman–Crippen MR) is 155 cm³/mol. The van der Waals surface area contributed by atoms with Crippen LogP contribution in [0.1, 0.15) is 29.9 Å². The van der Waals surface area contributed by atoms with Crippen molar-refractivity contribution < 1.29 is 49.2 Å². The molecule has 2 atom stereocenters.